The van der Waals surface area contributed by atoms with Crippen molar-refractivity contribution in [2.45, 2.75) is 25.5 Å². The molecule has 2 aromatic carbocycles. The molecule has 1 aliphatic rings. The first-order valence-electron chi connectivity index (χ1n) is 11.9. The van der Waals surface area contributed by atoms with Crippen LogP contribution in [0.5, 0.6) is 0 Å². The summed E-state index contributed by atoms with van der Waals surface area (Å²) in [5, 5.41) is 6.04. The van der Waals surface area contributed by atoms with Gasteiger partial charge in [-0.05, 0) is 63.8 Å². The Labute approximate surface area is 224 Å². The van der Waals surface area contributed by atoms with E-state index in [1.54, 1.807) is 31.2 Å². The molecule has 13 heteroatoms. The molecule has 2 heterocycles. The molecule has 4 rings (SSSR count). The van der Waals surface area contributed by atoms with Crippen LogP contribution in [-0.2, 0) is 10.0 Å². The number of urea groups is 1. The number of benzene rings is 2. The zero-order valence-electron chi connectivity index (χ0n) is 21.4. The number of hydrogen-bond acceptors (Lipinski definition) is 8. The van der Waals surface area contributed by atoms with E-state index in [9.17, 15) is 18.0 Å². The molecule has 3 N–H and O–H groups in total. The van der Waals surface area contributed by atoms with Gasteiger partial charge in [0.2, 0.25) is 0 Å². The van der Waals surface area contributed by atoms with Gasteiger partial charge in [0.1, 0.15) is 15.9 Å². The molecule has 202 valence electrons. The van der Waals surface area contributed by atoms with Gasteiger partial charge in [0.15, 0.2) is 0 Å². The molecule has 0 spiro atoms. The monoisotopic (exact) mass is 560 g/mol. The van der Waals surface area contributed by atoms with Crippen LogP contribution >= 0.6 is 11.8 Å². The van der Waals surface area contributed by atoms with Crippen molar-refractivity contribution in [3.05, 3.63) is 68.7 Å². The number of thioether (sulfide) groups is 1. The maximum Gasteiger partial charge on any atom is 0.333 e. The third-order valence-corrected chi connectivity index (χ3v) is 8.89. The van der Waals surface area contributed by atoms with E-state index in [-0.39, 0.29) is 26.7 Å². The first-order chi connectivity index (χ1) is 17.9. The van der Waals surface area contributed by atoms with Gasteiger partial charge < -0.3 is 15.5 Å². The summed E-state index contributed by atoms with van der Waals surface area (Å²) >= 11 is 1.16. The highest BCUT2D eigenvalue weighted by molar-refractivity contribution is 8.18. The van der Waals surface area contributed by atoms with Crippen molar-refractivity contribution < 1.29 is 17.6 Å². The smallest absolute Gasteiger partial charge is 0.333 e. The number of aryl methyl sites for hydroxylation is 1. The molecular formula is C25H29FN6O4S2. The number of halogens is 1. The number of rotatable bonds is 8. The van der Waals surface area contributed by atoms with E-state index in [1.165, 1.54) is 12.1 Å². The van der Waals surface area contributed by atoms with E-state index in [1.807, 2.05) is 30.6 Å². The molecule has 2 amide bonds. The minimum absolute atomic E-state index is 0.0215. The molecule has 1 aromatic heterocycles. The first kappa shape index (κ1) is 27.6. The summed E-state index contributed by atoms with van der Waals surface area (Å²) in [5.74, 6) is -0.505. The van der Waals surface area contributed by atoms with Crippen molar-refractivity contribution in [3.8, 4) is 5.69 Å². The summed E-state index contributed by atoms with van der Waals surface area (Å²) in [6.45, 7) is 5.05. The number of anilines is 2. The third kappa shape index (κ3) is 6.17. The second-order valence-corrected chi connectivity index (χ2v) is 12.6. The number of nitrogens with one attached hydrogen (secondary N) is 3. The predicted octanol–water partition coefficient (Wildman–Crippen LogP) is 3.62. The molecule has 1 unspecified atom stereocenters. The third-order valence-electron chi connectivity index (χ3n) is 5.80. The Bertz CT molecular complexity index is 1590. The van der Waals surface area contributed by atoms with Crippen LogP contribution in [0.2, 0.25) is 0 Å². The Morgan fingerprint density at radius 2 is 1.95 bits per heavy atom. The number of aromatic nitrogens is 2. The molecule has 0 saturated heterocycles. The highest BCUT2D eigenvalue weighted by atomic mass is 32.3. The van der Waals surface area contributed by atoms with Crippen LogP contribution in [0.3, 0.4) is 0 Å². The number of fused-ring (bicyclic) bond motifs is 1. The Morgan fingerprint density at radius 1 is 1.21 bits per heavy atom. The summed E-state index contributed by atoms with van der Waals surface area (Å²) in [7, 11) is -0.0552. The quantitative estimate of drug-likeness (QED) is 0.382. The molecule has 0 fully saturated rings. The van der Waals surface area contributed by atoms with Crippen molar-refractivity contribution in [2.24, 2.45) is 0 Å². The van der Waals surface area contributed by atoms with Gasteiger partial charge in [-0.3, -0.25) is 9.36 Å². The lowest BCUT2D eigenvalue weighted by molar-refractivity contribution is 0.256. The molecule has 0 saturated carbocycles. The molecule has 38 heavy (non-hydrogen) atoms. The average molecular weight is 561 g/mol. The zero-order chi connectivity index (χ0) is 27.6. The molecule has 1 aliphatic heterocycles. The van der Waals surface area contributed by atoms with Crippen molar-refractivity contribution in [1.82, 2.24) is 19.2 Å². The fourth-order valence-corrected chi connectivity index (χ4v) is 6.56. The predicted molar refractivity (Wildman–Crippen MR) is 150 cm³/mol. The average Bonchev–Trinajstić information content (AvgIpc) is 3.27. The number of allylic oxidation sites excluding steroid dienone is 1. The molecule has 0 aliphatic carbocycles. The number of amides is 2. The van der Waals surface area contributed by atoms with Gasteiger partial charge >= 0.3 is 6.03 Å². The van der Waals surface area contributed by atoms with Crippen molar-refractivity contribution in [3.63, 3.8) is 0 Å². The highest BCUT2D eigenvalue weighted by Crippen LogP contribution is 2.34. The maximum absolute atomic E-state index is 15.1. The van der Waals surface area contributed by atoms with Gasteiger partial charge in [0, 0.05) is 29.7 Å². The standard InChI is InChI=1S/C25H29FN6O4S2/c1-15-5-10-23(37-15)38(35,36)30-25(34)29-18-7-9-22(20(26)13-18)32-16(2)28-21-14-17(27-11-12-31(3)4)6-8-19(21)24(32)33/h6-10,13-15,27H,5,11-12H2,1-4H3,(H2,29,30,34). The second-order valence-electron chi connectivity index (χ2n) is 9.17. The second kappa shape index (κ2) is 11.1. The van der Waals surface area contributed by atoms with Gasteiger partial charge in [0.25, 0.3) is 15.6 Å². The molecule has 0 bridgehead atoms. The van der Waals surface area contributed by atoms with E-state index in [2.05, 4.69) is 15.6 Å². The van der Waals surface area contributed by atoms with E-state index in [4.69, 9.17) is 0 Å². The molecular weight excluding hydrogens is 531 g/mol. The van der Waals surface area contributed by atoms with Crippen LogP contribution < -0.4 is 20.9 Å². The largest absolute Gasteiger partial charge is 0.384 e. The number of carbonyl (C=O) groups excluding carboxylic acids is 1. The normalized spacial score (nSPS) is 15.5. The Hall–Kier alpha value is -3.42. The minimum atomic E-state index is -4.01. The van der Waals surface area contributed by atoms with Crippen LogP contribution in [0.25, 0.3) is 16.6 Å². The zero-order valence-corrected chi connectivity index (χ0v) is 23.0. The summed E-state index contributed by atoms with van der Waals surface area (Å²) in [6.07, 6.45) is 2.14. The molecule has 3 aromatic rings. The van der Waals surface area contributed by atoms with Gasteiger partial charge in [-0.25, -0.2) is 27.3 Å². The number of hydrogen-bond donors (Lipinski definition) is 3. The highest BCUT2D eigenvalue weighted by Gasteiger charge is 2.27. The van der Waals surface area contributed by atoms with Crippen LogP contribution in [0.15, 0.2) is 51.5 Å². The number of likely N-dealkylation sites (N-methyl/N-ethyl adjacent to an activating group) is 1. The maximum atomic E-state index is 15.1. The van der Waals surface area contributed by atoms with Crippen molar-refractivity contribution >= 4 is 50.1 Å². The number of nitrogens with zero attached hydrogens (tertiary/aromatic N) is 3. The number of carbonyl (C=O) groups is 1. The van der Waals surface area contributed by atoms with Crippen LogP contribution in [-0.4, -0.2) is 61.3 Å². The van der Waals surface area contributed by atoms with Crippen molar-refractivity contribution in [1.29, 1.82) is 0 Å². The Balaban J connectivity index is 1.54. The minimum Gasteiger partial charge on any atom is -0.384 e. The van der Waals surface area contributed by atoms with Gasteiger partial charge in [-0.2, -0.15) is 0 Å². The van der Waals surface area contributed by atoms with Crippen LogP contribution in [0, 0.1) is 12.7 Å². The lowest BCUT2D eigenvalue weighted by Gasteiger charge is -2.15. The fourth-order valence-electron chi connectivity index (χ4n) is 3.94. The van der Waals surface area contributed by atoms with Gasteiger partial charge in [-0.15, -0.1) is 11.8 Å². The summed E-state index contributed by atoms with van der Waals surface area (Å²) in [5.41, 5.74) is 0.846. The van der Waals surface area contributed by atoms with Crippen molar-refractivity contribution in [2.75, 3.05) is 37.8 Å². The van der Waals surface area contributed by atoms with Crippen LogP contribution in [0.1, 0.15) is 19.2 Å². The van der Waals surface area contributed by atoms with Gasteiger partial charge in [-0.1, -0.05) is 13.0 Å². The number of sulfonamides is 1. The van der Waals surface area contributed by atoms with E-state index < -0.39 is 27.4 Å². The summed E-state index contributed by atoms with van der Waals surface area (Å²) in [6, 6.07) is 7.91. The molecule has 0 radical (unpaired) electrons. The lowest BCUT2D eigenvalue weighted by Crippen LogP contribution is -2.34. The van der Waals surface area contributed by atoms with Gasteiger partial charge in [0.05, 0.1) is 16.6 Å². The van der Waals surface area contributed by atoms with E-state index >= 15 is 4.39 Å². The summed E-state index contributed by atoms with van der Waals surface area (Å²) < 4.78 is 43.1. The Kier molecular flexibility index (Phi) is 8.09. The van der Waals surface area contributed by atoms with E-state index in [0.717, 1.165) is 41.2 Å². The lowest BCUT2D eigenvalue weighted by atomic mass is 10.2. The molecule has 1 atom stereocenters. The van der Waals surface area contributed by atoms with Crippen LogP contribution in [0.4, 0.5) is 20.6 Å². The molecule has 10 nitrogen and oxygen atoms in total. The van der Waals surface area contributed by atoms with E-state index in [0.29, 0.717) is 17.3 Å². The summed E-state index contributed by atoms with van der Waals surface area (Å²) in [4.78, 5) is 32.1. The Morgan fingerprint density at radius 3 is 2.61 bits per heavy atom. The topological polar surface area (TPSA) is 125 Å². The fraction of sp³-hybridized carbons (Fsp3) is 0.320. The SMILES string of the molecule is Cc1nc2cc(NCCN(C)C)ccc2c(=O)n1-c1ccc(NC(=O)NS(=O)(=O)C2=CCC(C)S2)cc1F. The first-order valence-corrected chi connectivity index (χ1v) is 14.2.